The Balaban J connectivity index is 1.00. The predicted molar refractivity (Wildman–Crippen MR) is 150 cm³/mol. The van der Waals surface area contributed by atoms with Crippen LogP contribution in [0.15, 0.2) is 42.7 Å². The van der Waals surface area contributed by atoms with Crippen LogP contribution in [0.3, 0.4) is 0 Å². The topological polar surface area (TPSA) is 111 Å². The van der Waals surface area contributed by atoms with Gasteiger partial charge in [-0.05, 0) is 43.2 Å². The number of anilines is 2. The zero-order chi connectivity index (χ0) is 27.1. The van der Waals surface area contributed by atoms with E-state index in [9.17, 15) is 4.79 Å². The molecule has 4 heterocycles. The largest absolute Gasteiger partial charge is 0.481 e. The third kappa shape index (κ3) is 6.53. The molecule has 3 aromatic rings. The fraction of sp³-hybridized carbons (Fsp3) is 0.517. The van der Waals surface area contributed by atoms with Gasteiger partial charge in [0.15, 0.2) is 12.4 Å². The second-order valence-electron chi connectivity index (χ2n) is 10.4. The lowest BCUT2D eigenvalue weighted by Crippen LogP contribution is -2.43. The molecular formula is C29H36N6O5. The number of amides is 1. The van der Waals surface area contributed by atoms with Gasteiger partial charge in [-0.25, -0.2) is 9.97 Å². The standard InChI is InChI=1S/C29H36N6O5/c36-27(35-11-15-38-16-12-35)20-39-24-18-30-29(31-19-24)32-22-5-7-23(8-6-22)40-28-25-4-2-1-3-21(25)17-26(33-28)34-9-13-37-14-10-34/h1-4,17-19,22-23H,5-16,20H2,(H,30,31,32). The highest BCUT2D eigenvalue weighted by molar-refractivity contribution is 5.89. The number of nitrogens with one attached hydrogen (secondary N) is 1. The Labute approximate surface area is 233 Å². The molecule has 6 rings (SSSR count). The van der Waals surface area contributed by atoms with Gasteiger partial charge >= 0.3 is 0 Å². The van der Waals surface area contributed by atoms with Crippen LogP contribution in [0.2, 0.25) is 0 Å². The number of pyridine rings is 1. The van der Waals surface area contributed by atoms with Gasteiger partial charge in [0.05, 0.1) is 38.8 Å². The van der Waals surface area contributed by atoms with Crippen molar-refractivity contribution in [3.05, 3.63) is 42.7 Å². The van der Waals surface area contributed by atoms with Crippen LogP contribution in [0, 0.1) is 0 Å². The number of ether oxygens (including phenoxy) is 4. The highest BCUT2D eigenvalue weighted by atomic mass is 16.5. The summed E-state index contributed by atoms with van der Waals surface area (Å²) in [7, 11) is 0. The van der Waals surface area contributed by atoms with E-state index < -0.39 is 0 Å². The predicted octanol–water partition coefficient (Wildman–Crippen LogP) is 2.90. The minimum Gasteiger partial charge on any atom is -0.481 e. The van der Waals surface area contributed by atoms with Crippen molar-refractivity contribution in [2.45, 2.75) is 37.8 Å². The first kappa shape index (κ1) is 26.5. The zero-order valence-electron chi connectivity index (χ0n) is 22.7. The zero-order valence-corrected chi connectivity index (χ0v) is 22.7. The molecule has 0 unspecified atom stereocenters. The van der Waals surface area contributed by atoms with Crippen molar-refractivity contribution in [3.63, 3.8) is 0 Å². The summed E-state index contributed by atoms with van der Waals surface area (Å²) in [5, 5.41) is 5.62. The Hall–Kier alpha value is -3.70. The van der Waals surface area contributed by atoms with Gasteiger partial charge in [0.2, 0.25) is 11.8 Å². The normalized spacial score (nSPS) is 21.7. The lowest BCUT2D eigenvalue weighted by Gasteiger charge is -2.31. The summed E-state index contributed by atoms with van der Waals surface area (Å²) < 4.78 is 22.9. The van der Waals surface area contributed by atoms with Crippen LogP contribution >= 0.6 is 0 Å². The van der Waals surface area contributed by atoms with Gasteiger partial charge in [0.25, 0.3) is 5.91 Å². The molecule has 1 aromatic carbocycles. The number of benzene rings is 1. The van der Waals surface area contributed by atoms with E-state index in [0.29, 0.717) is 43.9 Å². The molecule has 3 aliphatic rings. The van der Waals surface area contributed by atoms with E-state index in [2.05, 4.69) is 44.5 Å². The quantitative estimate of drug-likeness (QED) is 0.451. The molecule has 3 fully saturated rings. The van der Waals surface area contributed by atoms with Gasteiger partial charge in [-0.15, -0.1) is 0 Å². The summed E-state index contributed by atoms with van der Waals surface area (Å²) >= 11 is 0. The Morgan fingerprint density at radius 3 is 2.40 bits per heavy atom. The third-order valence-electron chi connectivity index (χ3n) is 7.67. The van der Waals surface area contributed by atoms with Gasteiger partial charge in [-0.1, -0.05) is 18.2 Å². The molecule has 212 valence electrons. The minimum atomic E-state index is -0.0551. The van der Waals surface area contributed by atoms with Gasteiger partial charge in [-0.3, -0.25) is 4.79 Å². The first-order valence-electron chi connectivity index (χ1n) is 14.2. The lowest BCUT2D eigenvalue weighted by molar-refractivity contribution is -0.137. The van der Waals surface area contributed by atoms with Crippen LogP contribution < -0.4 is 19.7 Å². The fourth-order valence-corrected chi connectivity index (χ4v) is 5.38. The minimum absolute atomic E-state index is 0.0281. The van der Waals surface area contributed by atoms with Gasteiger partial charge in [0, 0.05) is 37.6 Å². The third-order valence-corrected chi connectivity index (χ3v) is 7.67. The fourth-order valence-electron chi connectivity index (χ4n) is 5.38. The average Bonchev–Trinajstić information content (AvgIpc) is 3.02. The molecule has 1 aliphatic carbocycles. The number of hydrogen-bond donors (Lipinski definition) is 1. The Kier molecular flexibility index (Phi) is 8.39. The summed E-state index contributed by atoms with van der Waals surface area (Å²) in [6, 6.07) is 10.7. The summed E-state index contributed by atoms with van der Waals surface area (Å²) in [4.78, 5) is 30.0. The van der Waals surface area contributed by atoms with Crippen molar-refractivity contribution in [1.29, 1.82) is 0 Å². The second-order valence-corrected chi connectivity index (χ2v) is 10.4. The molecule has 1 N–H and O–H groups in total. The maximum Gasteiger partial charge on any atom is 0.260 e. The number of nitrogens with zero attached hydrogens (tertiary/aromatic N) is 5. The number of aromatic nitrogens is 3. The lowest BCUT2D eigenvalue weighted by atomic mass is 9.93. The molecule has 1 amide bonds. The molecule has 2 aliphatic heterocycles. The van der Waals surface area contributed by atoms with Crippen LogP contribution in [-0.4, -0.2) is 97.1 Å². The van der Waals surface area contributed by atoms with E-state index in [-0.39, 0.29) is 24.7 Å². The second kappa shape index (κ2) is 12.6. The van der Waals surface area contributed by atoms with E-state index >= 15 is 0 Å². The van der Waals surface area contributed by atoms with E-state index in [1.165, 1.54) is 0 Å². The highest BCUT2D eigenvalue weighted by Gasteiger charge is 2.25. The SMILES string of the molecule is O=C(COc1cnc(NC2CCC(Oc3nc(N4CCOCC4)cc4ccccc34)CC2)nc1)N1CCOCC1. The summed E-state index contributed by atoms with van der Waals surface area (Å²) in [5.41, 5.74) is 0. The molecular weight excluding hydrogens is 512 g/mol. The van der Waals surface area contributed by atoms with Gasteiger partial charge in [0.1, 0.15) is 11.9 Å². The van der Waals surface area contributed by atoms with Crippen LogP contribution in [0.25, 0.3) is 10.8 Å². The Bertz CT molecular complexity index is 1270. The summed E-state index contributed by atoms with van der Waals surface area (Å²) in [5.74, 6) is 2.63. The monoisotopic (exact) mass is 548 g/mol. The van der Waals surface area contributed by atoms with E-state index in [1.54, 1.807) is 17.3 Å². The first-order chi connectivity index (χ1) is 19.7. The number of hydrogen-bond acceptors (Lipinski definition) is 10. The van der Waals surface area contributed by atoms with Crippen molar-refractivity contribution in [2.24, 2.45) is 0 Å². The number of carbonyl (C=O) groups is 1. The number of morpholine rings is 2. The number of carbonyl (C=O) groups excluding carboxylic acids is 1. The first-order valence-corrected chi connectivity index (χ1v) is 14.2. The average molecular weight is 549 g/mol. The van der Waals surface area contributed by atoms with Crippen molar-refractivity contribution in [2.75, 3.05) is 69.4 Å². The maximum atomic E-state index is 12.3. The molecule has 11 heteroatoms. The van der Waals surface area contributed by atoms with Crippen LogP contribution in [0.4, 0.5) is 11.8 Å². The molecule has 1 saturated carbocycles. The van der Waals surface area contributed by atoms with Crippen LogP contribution in [0.1, 0.15) is 25.7 Å². The Morgan fingerprint density at radius 1 is 0.950 bits per heavy atom. The van der Waals surface area contributed by atoms with Gasteiger partial charge in [-0.2, -0.15) is 4.98 Å². The van der Waals surface area contributed by atoms with E-state index in [0.717, 1.165) is 68.6 Å². The van der Waals surface area contributed by atoms with Crippen molar-refractivity contribution < 1.29 is 23.7 Å². The molecule has 0 bridgehead atoms. The van der Waals surface area contributed by atoms with E-state index in [1.807, 2.05) is 6.07 Å². The summed E-state index contributed by atoms with van der Waals surface area (Å²) in [6.07, 6.45) is 7.04. The molecule has 0 spiro atoms. The molecule has 11 nitrogen and oxygen atoms in total. The molecule has 0 radical (unpaired) electrons. The van der Waals surface area contributed by atoms with Crippen LogP contribution in [-0.2, 0) is 14.3 Å². The maximum absolute atomic E-state index is 12.3. The Morgan fingerprint density at radius 2 is 1.65 bits per heavy atom. The number of fused-ring (bicyclic) bond motifs is 1. The smallest absolute Gasteiger partial charge is 0.260 e. The van der Waals surface area contributed by atoms with Crippen LogP contribution in [0.5, 0.6) is 11.6 Å². The van der Waals surface area contributed by atoms with Crippen molar-refractivity contribution in [1.82, 2.24) is 19.9 Å². The molecule has 2 aromatic heterocycles. The summed E-state index contributed by atoms with van der Waals surface area (Å²) in [6.45, 7) is 5.42. The van der Waals surface area contributed by atoms with Gasteiger partial charge < -0.3 is 34.1 Å². The molecule has 2 saturated heterocycles. The van der Waals surface area contributed by atoms with Crippen molar-refractivity contribution in [3.8, 4) is 11.6 Å². The van der Waals surface area contributed by atoms with Crippen molar-refractivity contribution >= 4 is 28.4 Å². The molecule has 0 atom stereocenters. The number of rotatable bonds is 8. The van der Waals surface area contributed by atoms with E-state index in [4.69, 9.17) is 23.9 Å². The highest BCUT2D eigenvalue weighted by Crippen LogP contribution is 2.32. The molecule has 40 heavy (non-hydrogen) atoms.